The van der Waals surface area contributed by atoms with Gasteiger partial charge < -0.3 is 9.80 Å². The summed E-state index contributed by atoms with van der Waals surface area (Å²) in [5.74, 6) is 1.19. The van der Waals surface area contributed by atoms with Crippen LogP contribution >= 0.6 is 0 Å². The van der Waals surface area contributed by atoms with Gasteiger partial charge in [0.15, 0.2) is 21.5 Å². The average Bonchev–Trinajstić information content (AvgIpc) is 3.48. The smallest absolute Gasteiger partial charge is 0.175 e. The van der Waals surface area contributed by atoms with E-state index in [0.29, 0.717) is 28.6 Å². The maximum absolute atomic E-state index is 11.9. The molecule has 158 valence electrons. The molecular formula is C21H21N7O2S. The van der Waals surface area contributed by atoms with Gasteiger partial charge in [0.05, 0.1) is 28.9 Å². The summed E-state index contributed by atoms with van der Waals surface area (Å²) in [6.07, 6.45) is 7.28. The molecule has 2 atom stereocenters. The second-order valence-corrected chi connectivity index (χ2v) is 10.1. The first kappa shape index (κ1) is 19.5. The van der Waals surface area contributed by atoms with Crippen LogP contribution in [0.15, 0.2) is 47.8 Å². The lowest BCUT2D eigenvalue weighted by molar-refractivity contribution is 0.601. The number of hydrogen-bond acceptors (Lipinski definition) is 8. The summed E-state index contributed by atoms with van der Waals surface area (Å²) >= 11 is 0. The SMILES string of the molecule is Cn1cc(-c2ncc(C#N)c(N3C[C@@H]4C[C@H]3CN4c3cccc(S(C)(=O)=O)c3)n2)cn1. The molecule has 10 heteroatoms. The van der Waals surface area contributed by atoms with Crippen LogP contribution in [0.1, 0.15) is 12.0 Å². The Balaban J connectivity index is 1.43. The third-order valence-electron chi connectivity index (χ3n) is 5.94. The highest BCUT2D eigenvalue weighted by atomic mass is 32.2. The number of aryl methyl sites for hydroxylation is 1. The van der Waals surface area contributed by atoms with Gasteiger partial charge in [0, 0.05) is 44.3 Å². The molecule has 2 aromatic heterocycles. The van der Waals surface area contributed by atoms with Crippen molar-refractivity contribution in [3.05, 3.63) is 48.4 Å². The molecule has 0 radical (unpaired) electrons. The van der Waals surface area contributed by atoms with Gasteiger partial charge in [-0.1, -0.05) is 6.07 Å². The standard InChI is InChI=1S/C21H21N7O2S/c1-26-11-15(10-24-26)20-23-9-14(8-22)21(25-20)28-13-17-6-18(28)12-27(17)16-4-3-5-19(7-16)31(2,29)30/h3-5,7,9-11,17-18H,6,12-13H2,1-2H3/t17-,18-/m0/s1. The molecule has 0 saturated carbocycles. The van der Waals surface area contributed by atoms with Crippen molar-refractivity contribution < 1.29 is 8.42 Å². The lowest BCUT2D eigenvalue weighted by Gasteiger charge is -2.36. The van der Waals surface area contributed by atoms with Crippen molar-refractivity contribution >= 4 is 21.3 Å². The van der Waals surface area contributed by atoms with E-state index >= 15 is 0 Å². The van der Waals surface area contributed by atoms with Crippen molar-refractivity contribution in [1.29, 1.82) is 5.26 Å². The van der Waals surface area contributed by atoms with Crippen molar-refractivity contribution in [2.24, 2.45) is 7.05 Å². The third-order valence-corrected chi connectivity index (χ3v) is 7.05. The predicted octanol–water partition coefficient (Wildman–Crippen LogP) is 1.62. The van der Waals surface area contributed by atoms with Gasteiger partial charge in [-0.05, 0) is 24.6 Å². The molecule has 3 aromatic rings. The molecule has 2 aliphatic rings. The van der Waals surface area contributed by atoms with Crippen LogP contribution in [0.5, 0.6) is 0 Å². The number of nitrogens with zero attached hydrogens (tertiary/aromatic N) is 7. The molecule has 31 heavy (non-hydrogen) atoms. The van der Waals surface area contributed by atoms with Gasteiger partial charge in [-0.3, -0.25) is 4.68 Å². The van der Waals surface area contributed by atoms with E-state index in [-0.39, 0.29) is 12.1 Å². The molecule has 0 unspecified atom stereocenters. The minimum atomic E-state index is -3.26. The number of nitriles is 1. The Morgan fingerprint density at radius 1 is 1.16 bits per heavy atom. The van der Waals surface area contributed by atoms with E-state index in [1.54, 1.807) is 35.3 Å². The Bertz CT molecular complexity index is 1310. The Morgan fingerprint density at radius 2 is 1.94 bits per heavy atom. The highest BCUT2D eigenvalue weighted by molar-refractivity contribution is 7.90. The number of anilines is 2. The molecule has 5 rings (SSSR count). The van der Waals surface area contributed by atoms with Crippen molar-refractivity contribution in [3.8, 4) is 17.5 Å². The van der Waals surface area contributed by atoms with E-state index < -0.39 is 9.84 Å². The van der Waals surface area contributed by atoms with Crippen molar-refractivity contribution in [1.82, 2.24) is 19.7 Å². The van der Waals surface area contributed by atoms with Crippen LogP contribution in [-0.2, 0) is 16.9 Å². The summed E-state index contributed by atoms with van der Waals surface area (Å²) in [7, 11) is -1.42. The molecule has 2 fully saturated rings. The molecule has 9 nitrogen and oxygen atoms in total. The topological polar surface area (TPSA) is 108 Å². The molecule has 0 aliphatic carbocycles. The molecule has 1 aromatic carbocycles. The molecule has 2 bridgehead atoms. The average molecular weight is 436 g/mol. The maximum Gasteiger partial charge on any atom is 0.175 e. The minimum Gasteiger partial charge on any atom is -0.365 e. The van der Waals surface area contributed by atoms with E-state index in [4.69, 9.17) is 4.98 Å². The number of benzene rings is 1. The lowest BCUT2D eigenvalue weighted by atomic mass is 10.2. The number of hydrogen-bond donors (Lipinski definition) is 0. The zero-order chi connectivity index (χ0) is 21.8. The summed E-state index contributed by atoms with van der Waals surface area (Å²) in [6, 6.07) is 9.73. The molecule has 0 spiro atoms. The van der Waals surface area contributed by atoms with Crippen LogP contribution in [-0.4, -0.2) is 59.6 Å². The van der Waals surface area contributed by atoms with Gasteiger partial charge >= 0.3 is 0 Å². The van der Waals surface area contributed by atoms with Crippen molar-refractivity contribution in [3.63, 3.8) is 0 Å². The summed E-state index contributed by atoms with van der Waals surface area (Å²) in [5, 5.41) is 13.8. The zero-order valence-corrected chi connectivity index (χ0v) is 18.0. The van der Waals surface area contributed by atoms with Crippen LogP contribution in [0.25, 0.3) is 11.4 Å². The lowest BCUT2D eigenvalue weighted by Crippen LogP contribution is -2.47. The summed E-state index contributed by atoms with van der Waals surface area (Å²) in [6.45, 7) is 1.46. The maximum atomic E-state index is 11.9. The van der Waals surface area contributed by atoms with Crippen LogP contribution < -0.4 is 9.80 Å². The van der Waals surface area contributed by atoms with Crippen LogP contribution in [0.2, 0.25) is 0 Å². The number of piperazine rings is 1. The van der Waals surface area contributed by atoms with Gasteiger partial charge in [-0.15, -0.1) is 0 Å². The fourth-order valence-corrected chi connectivity index (χ4v) is 5.14. The second kappa shape index (κ2) is 7.06. The van der Waals surface area contributed by atoms with Crippen molar-refractivity contribution in [2.45, 2.75) is 23.4 Å². The Kier molecular flexibility index (Phi) is 4.44. The van der Waals surface area contributed by atoms with E-state index in [1.807, 2.05) is 19.3 Å². The number of sulfone groups is 1. The number of rotatable bonds is 4. The molecule has 2 aliphatic heterocycles. The Morgan fingerprint density at radius 3 is 2.58 bits per heavy atom. The largest absolute Gasteiger partial charge is 0.365 e. The summed E-state index contributed by atoms with van der Waals surface area (Å²) in [5.41, 5.74) is 2.16. The zero-order valence-electron chi connectivity index (χ0n) is 17.2. The normalized spacial score (nSPS) is 20.3. The molecule has 2 saturated heterocycles. The number of fused-ring (bicyclic) bond motifs is 2. The molecule has 0 N–H and O–H groups in total. The van der Waals surface area contributed by atoms with Gasteiger partial charge in [0.2, 0.25) is 0 Å². The van der Waals surface area contributed by atoms with Crippen LogP contribution in [0.3, 0.4) is 0 Å². The van der Waals surface area contributed by atoms with Gasteiger partial charge in [0.1, 0.15) is 11.6 Å². The first-order valence-corrected chi connectivity index (χ1v) is 11.8. The quantitative estimate of drug-likeness (QED) is 0.608. The van der Waals surface area contributed by atoms with Crippen LogP contribution in [0, 0.1) is 11.3 Å². The fraction of sp³-hybridized carbons (Fsp3) is 0.333. The first-order valence-electron chi connectivity index (χ1n) is 9.93. The van der Waals surface area contributed by atoms with E-state index in [9.17, 15) is 13.7 Å². The van der Waals surface area contributed by atoms with Crippen LogP contribution in [0.4, 0.5) is 11.5 Å². The molecule has 0 amide bonds. The Hall–Kier alpha value is -3.45. The summed E-state index contributed by atoms with van der Waals surface area (Å²) in [4.78, 5) is 13.8. The first-order chi connectivity index (χ1) is 14.8. The van der Waals surface area contributed by atoms with Gasteiger partial charge in [-0.25, -0.2) is 18.4 Å². The second-order valence-electron chi connectivity index (χ2n) is 8.06. The highest BCUT2D eigenvalue weighted by Crippen LogP contribution is 2.38. The van der Waals surface area contributed by atoms with Gasteiger partial charge in [-0.2, -0.15) is 10.4 Å². The monoisotopic (exact) mass is 435 g/mol. The molecular weight excluding hydrogens is 414 g/mol. The molecule has 4 heterocycles. The van der Waals surface area contributed by atoms with E-state index in [1.165, 1.54) is 6.26 Å². The summed E-state index contributed by atoms with van der Waals surface area (Å²) < 4.78 is 25.6. The minimum absolute atomic E-state index is 0.190. The Labute approximate surface area is 180 Å². The van der Waals surface area contributed by atoms with Crippen molar-refractivity contribution in [2.75, 3.05) is 29.1 Å². The van der Waals surface area contributed by atoms with E-state index in [2.05, 4.69) is 26.0 Å². The third kappa shape index (κ3) is 3.41. The highest BCUT2D eigenvalue weighted by Gasteiger charge is 2.44. The predicted molar refractivity (Wildman–Crippen MR) is 115 cm³/mol. The fourth-order valence-electron chi connectivity index (χ4n) is 4.48. The van der Waals surface area contributed by atoms with Gasteiger partial charge in [0.25, 0.3) is 0 Å². The van der Waals surface area contributed by atoms with E-state index in [0.717, 1.165) is 24.2 Å². The number of aromatic nitrogens is 4.